The molecule has 31 heavy (non-hydrogen) atoms. The van der Waals surface area contributed by atoms with Crippen LogP contribution in [-0.4, -0.2) is 13.4 Å². The molecule has 0 bridgehead atoms. The molecule has 0 radical (unpaired) electrons. The molecule has 4 rings (SSSR count). The van der Waals surface area contributed by atoms with Crippen LogP contribution in [0, 0.1) is 11.3 Å². The van der Waals surface area contributed by atoms with Crippen molar-refractivity contribution in [3.05, 3.63) is 107 Å². The maximum absolute atomic E-state index is 13.4. The average molecular weight is 445 g/mol. The Morgan fingerprint density at radius 2 is 1.42 bits per heavy atom. The average Bonchev–Trinajstić information content (AvgIpc) is 2.80. The molecule has 0 unspecified atom stereocenters. The number of sulfone groups is 1. The second-order valence-corrected chi connectivity index (χ2v) is 9.31. The lowest BCUT2D eigenvalue weighted by atomic mass is 9.99. The Morgan fingerprint density at radius 3 is 2.00 bits per heavy atom. The topological polar surface area (TPSA) is 70.8 Å². The van der Waals surface area contributed by atoms with Crippen molar-refractivity contribution in [2.24, 2.45) is 0 Å². The lowest BCUT2D eigenvalue weighted by Crippen LogP contribution is -2.11. The highest BCUT2D eigenvalue weighted by molar-refractivity contribution is 7.90. The molecular weight excluding hydrogens is 428 g/mol. The van der Waals surface area contributed by atoms with Crippen LogP contribution in [-0.2, 0) is 15.6 Å². The molecule has 4 nitrogen and oxygen atoms in total. The maximum Gasteiger partial charge on any atom is 0.201 e. The van der Waals surface area contributed by atoms with Crippen molar-refractivity contribution >= 4 is 21.4 Å². The SMILES string of the molecule is N#Cc1c(-c2ccccc2)cc(-c2ccccc2)nc1S(=O)(=O)Cc1ccc(Cl)cc1. The van der Waals surface area contributed by atoms with Gasteiger partial charge in [0, 0.05) is 16.1 Å². The Balaban J connectivity index is 1.94. The maximum atomic E-state index is 13.4. The molecule has 3 aromatic carbocycles. The van der Waals surface area contributed by atoms with Crippen LogP contribution in [0.5, 0.6) is 0 Å². The molecule has 0 fully saturated rings. The summed E-state index contributed by atoms with van der Waals surface area (Å²) in [6.45, 7) is 0. The first-order valence-electron chi connectivity index (χ1n) is 9.51. The van der Waals surface area contributed by atoms with E-state index in [1.807, 2.05) is 60.7 Å². The zero-order chi connectivity index (χ0) is 21.8. The Hall–Kier alpha value is -3.46. The van der Waals surface area contributed by atoms with Gasteiger partial charge in [-0.05, 0) is 29.3 Å². The van der Waals surface area contributed by atoms with Gasteiger partial charge in [-0.15, -0.1) is 0 Å². The number of rotatable bonds is 5. The molecule has 0 aliphatic carbocycles. The molecule has 0 spiro atoms. The van der Waals surface area contributed by atoms with Crippen LogP contribution >= 0.6 is 11.6 Å². The molecule has 0 aliphatic heterocycles. The molecule has 0 aliphatic rings. The summed E-state index contributed by atoms with van der Waals surface area (Å²) in [6.07, 6.45) is 0. The number of nitrogens with zero attached hydrogens (tertiary/aromatic N) is 2. The van der Waals surface area contributed by atoms with Gasteiger partial charge in [-0.1, -0.05) is 84.4 Å². The zero-order valence-corrected chi connectivity index (χ0v) is 17.9. The molecule has 0 atom stereocenters. The van der Waals surface area contributed by atoms with Gasteiger partial charge < -0.3 is 0 Å². The van der Waals surface area contributed by atoms with Crippen molar-refractivity contribution in [3.63, 3.8) is 0 Å². The summed E-state index contributed by atoms with van der Waals surface area (Å²) in [4.78, 5) is 4.45. The van der Waals surface area contributed by atoms with Gasteiger partial charge in [0.15, 0.2) is 5.03 Å². The summed E-state index contributed by atoms with van der Waals surface area (Å²) >= 11 is 5.92. The molecule has 0 saturated carbocycles. The number of nitriles is 1. The second-order valence-electron chi connectivity index (χ2n) is 6.96. The largest absolute Gasteiger partial charge is 0.235 e. The number of hydrogen-bond donors (Lipinski definition) is 0. The fourth-order valence-electron chi connectivity index (χ4n) is 3.33. The number of benzene rings is 3. The van der Waals surface area contributed by atoms with Crippen molar-refractivity contribution in [1.29, 1.82) is 5.26 Å². The van der Waals surface area contributed by atoms with Gasteiger partial charge in [0.05, 0.1) is 17.0 Å². The van der Waals surface area contributed by atoms with Gasteiger partial charge in [0.25, 0.3) is 0 Å². The fourth-order valence-corrected chi connectivity index (χ4v) is 4.92. The third-order valence-electron chi connectivity index (χ3n) is 4.82. The summed E-state index contributed by atoms with van der Waals surface area (Å²) < 4.78 is 26.8. The van der Waals surface area contributed by atoms with E-state index in [4.69, 9.17) is 11.6 Å². The van der Waals surface area contributed by atoms with Crippen LogP contribution in [0.25, 0.3) is 22.4 Å². The highest BCUT2D eigenvalue weighted by Gasteiger charge is 2.26. The highest BCUT2D eigenvalue weighted by Crippen LogP contribution is 2.33. The lowest BCUT2D eigenvalue weighted by Gasteiger charge is -2.13. The van der Waals surface area contributed by atoms with Crippen LogP contribution in [0.2, 0.25) is 5.02 Å². The van der Waals surface area contributed by atoms with E-state index in [0.29, 0.717) is 21.8 Å². The van der Waals surface area contributed by atoms with Gasteiger partial charge in [0.1, 0.15) is 6.07 Å². The molecule has 0 saturated heterocycles. The second kappa shape index (κ2) is 8.73. The van der Waals surface area contributed by atoms with Crippen molar-refractivity contribution in [2.75, 3.05) is 0 Å². The first kappa shape index (κ1) is 20.8. The number of aromatic nitrogens is 1. The molecular formula is C25H17ClN2O2S. The number of hydrogen-bond acceptors (Lipinski definition) is 4. The van der Waals surface area contributed by atoms with E-state index in [1.165, 1.54) is 0 Å². The van der Waals surface area contributed by atoms with Gasteiger partial charge in [-0.2, -0.15) is 5.26 Å². The van der Waals surface area contributed by atoms with Crippen LogP contribution in [0.4, 0.5) is 0 Å². The van der Waals surface area contributed by atoms with Crippen molar-refractivity contribution < 1.29 is 8.42 Å². The quantitative estimate of drug-likeness (QED) is 0.383. The molecule has 1 heterocycles. The normalized spacial score (nSPS) is 11.1. The van der Waals surface area contributed by atoms with E-state index in [-0.39, 0.29) is 16.3 Å². The third kappa shape index (κ3) is 4.51. The first-order valence-corrected chi connectivity index (χ1v) is 11.5. The van der Waals surface area contributed by atoms with E-state index in [9.17, 15) is 13.7 Å². The molecule has 4 aromatic rings. The molecule has 0 N–H and O–H groups in total. The van der Waals surface area contributed by atoms with Crippen LogP contribution in [0.1, 0.15) is 11.1 Å². The first-order chi connectivity index (χ1) is 15.0. The third-order valence-corrected chi connectivity index (χ3v) is 6.67. The van der Waals surface area contributed by atoms with Crippen LogP contribution < -0.4 is 0 Å². The van der Waals surface area contributed by atoms with Gasteiger partial charge >= 0.3 is 0 Å². The summed E-state index contributed by atoms with van der Waals surface area (Å²) in [5.41, 5.74) is 3.16. The summed E-state index contributed by atoms with van der Waals surface area (Å²) in [5.74, 6) is -0.279. The fraction of sp³-hybridized carbons (Fsp3) is 0.0400. The van der Waals surface area contributed by atoms with Crippen LogP contribution in [0.3, 0.4) is 0 Å². The minimum Gasteiger partial charge on any atom is -0.235 e. The van der Waals surface area contributed by atoms with Gasteiger partial charge in [-0.25, -0.2) is 13.4 Å². The molecule has 1 aromatic heterocycles. The number of pyridine rings is 1. The predicted molar refractivity (Wildman–Crippen MR) is 122 cm³/mol. The van der Waals surface area contributed by atoms with Crippen molar-refractivity contribution in [1.82, 2.24) is 4.98 Å². The smallest absolute Gasteiger partial charge is 0.201 e. The monoisotopic (exact) mass is 444 g/mol. The molecule has 6 heteroatoms. The molecule has 0 amide bonds. The Bertz CT molecular complexity index is 1360. The number of halogens is 1. The van der Waals surface area contributed by atoms with Gasteiger partial charge in [-0.3, -0.25) is 0 Å². The standard InChI is InChI=1S/C25H17ClN2O2S/c26-21-13-11-18(12-14-21)17-31(29,30)25-23(16-27)22(19-7-3-1-4-8-19)15-24(28-25)20-9-5-2-6-10-20/h1-15H,17H2. The molecule has 152 valence electrons. The van der Waals surface area contributed by atoms with E-state index >= 15 is 0 Å². The van der Waals surface area contributed by atoms with Crippen LogP contribution in [0.15, 0.2) is 96.0 Å². The summed E-state index contributed by atoms with van der Waals surface area (Å²) in [6, 6.07) is 29.0. The van der Waals surface area contributed by atoms with E-state index < -0.39 is 9.84 Å². The highest BCUT2D eigenvalue weighted by atomic mass is 35.5. The van der Waals surface area contributed by atoms with E-state index in [2.05, 4.69) is 11.1 Å². The Kier molecular flexibility index (Phi) is 5.85. The minimum absolute atomic E-state index is 0.0415. The van der Waals surface area contributed by atoms with E-state index in [0.717, 1.165) is 11.1 Å². The lowest BCUT2D eigenvalue weighted by molar-refractivity contribution is 0.591. The minimum atomic E-state index is -3.91. The predicted octanol–water partition coefficient (Wildman–Crippen LogP) is 5.91. The Morgan fingerprint density at radius 1 is 0.839 bits per heavy atom. The van der Waals surface area contributed by atoms with Crippen molar-refractivity contribution in [3.8, 4) is 28.5 Å². The Labute approximate surface area is 186 Å². The zero-order valence-electron chi connectivity index (χ0n) is 16.4. The van der Waals surface area contributed by atoms with Gasteiger partial charge in [0.2, 0.25) is 9.84 Å². The summed E-state index contributed by atoms with van der Waals surface area (Å²) in [5, 5.41) is 10.2. The summed E-state index contributed by atoms with van der Waals surface area (Å²) in [7, 11) is -3.91. The van der Waals surface area contributed by atoms with E-state index in [1.54, 1.807) is 30.3 Å². The van der Waals surface area contributed by atoms with Crippen molar-refractivity contribution in [2.45, 2.75) is 10.8 Å².